The molecule has 7 rings (SSSR count). The number of carbonyl (C=O) groups excluding carboxylic acids is 2. The molecule has 4 aromatic carbocycles. The van der Waals surface area contributed by atoms with Crippen LogP contribution in [0.25, 0.3) is 23.0 Å². The summed E-state index contributed by atoms with van der Waals surface area (Å²) in [5.74, 6) is -0.405. The Bertz CT molecular complexity index is 2520. The zero-order valence-corrected chi connectivity index (χ0v) is 29.8. The molecule has 0 saturated carbocycles. The van der Waals surface area contributed by atoms with Crippen molar-refractivity contribution >= 4 is 29.4 Å². The van der Waals surface area contributed by atoms with Gasteiger partial charge in [0, 0.05) is 17.3 Å². The Hall–Kier alpha value is -6.59. The van der Waals surface area contributed by atoms with E-state index in [1.54, 1.807) is 48.0 Å². The molecule has 1 atom stereocenters. The van der Waals surface area contributed by atoms with E-state index in [9.17, 15) is 14.4 Å². The minimum atomic E-state index is -0.877. The number of allylic oxidation sites excluding steroid dienone is 1. The van der Waals surface area contributed by atoms with Gasteiger partial charge in [-0.2, -0.15) is 5.10 Å². The van der Waals surface area contributed by atoms with Gasteiger partial charge in [-0.15, -0.1) is 0 Å². The topological polar surface area (TPSA) is 114 Å². The zero-order chi connectivity index (χ0) is 36.9. The van der Waals surface area contributed by atoms with Crippen LogP contribution in [0.4, 0.5) is 0 Å². The quantitative estimate of drug-likeness (QED) is 0.116. The summed E-state index contributed by atoms with van der Waals surface area (Å²) in [5.41, 5.74) is 5.10. The van der Waals surface area contributed by atoms with Gasteiger partial charge in [-0.1, -0.05) is 84.7 Å². The number of hydrogen-bond donors (Lipinski definition) is 0. The normalized spacial score (nSPS) is 13.9. The first kappa shape index (κ1) is 34.8. The van der Waals surface area contributed by atoms with E-state index in [2.05, 4.69) is 6.58 Å². The van der Waals surface area contributed by atoms with Crippen LogP contribution in [0.3, 0.4) is 0 Å². The van der Waals surface area contributed by atoms with Crippen molar-refractivity contribution in [3.05, 3.63) is 181 Å². The Morgan fingerprint density at radius 1 is 0.906 bits per heavy atom. The van der Waals surface area contributed by atoms with Crippen LogP contribution >= 0.6 is 11.3 Å². The molecule has 0 N–H and O–H groups in total. The van der Waals surface area contributed by atoms with Crippen LogP contribution in [0.2, 0.25) is 0 Å². The molecule has 264 valence electrons. The molecule has 1 unspecified atom stereocenters. The molecule has 0 spiro atoms. The van der Waals surface area contributed by atoms with Gasteiger partial charge in [0.05, 0.1) is 40.2 Å². The highest BCUT2D eigenvalue weighted by Gasteiger charge is 2.33. The Morgan fingerprint density at radius 3 is 2.28 bits per heavy atom. The molecule has 1 aliphatic heterocycles. The van der Waals surface area contributed by atoms with Crippen LogP contribution in [-0.2, 0) is 20.9 Å². The van der Waals surface area contributed by atoms with E-state index in [0.717, 1.165) is 16.8 Å². The van der Waals surface area contributed by atoms with Crippen molar-refractivity contribution in [2.75, 3.05) is 13.7 Å². The lowest BCUT2D eigenvalue weighted by Crippen LogP contribution is -2.39. The summed E-state index contributed by atoms with van der Waals surface area (Å²) in [7, 11) is 1.31. The van der Waals surface area contributed by atoms with E-state index >= 15 is 0 Å². The Kier molecular flexibility index (Phi) is 10.1. The molecule has 53 heavy (non-hydrogen) atoms. The lowest BCUT2D eigenvalue weighted by molar-refractivity contribution is -0.140. The summed E-state index contributed by atoms with van der Waals surface area (Å²) in [4.78, 5) is 45.8. The van der Waals surface area contributed by atoms with Crippen LogP contribution in [0.5, 0.6) is 5.75 Å². The number of carbonyl (C=O) groups is 2. The van der Waals surface area contributed by atoms with E-state index in [4.69, 9.17) is 24.3 Å². The van der Waals surface area contributed by atoms with Crippen LogP contribution < -0.4 is 19.6 Å². The van der Waals surface area contributed by atoms with Crippen LogP contribution in [0.1, 0.15) is 40.0 Å². The number of methoxy groups -OCH3 is 1. The monoisotopic (exact) mass is 722 g/mol. The van der Waals surface area contributed by atoms with Gasteiger partial charge in [0.25, 0.3) is 5.56 Å². The van der Waals surface area contributed by atoms with Gasteiger partial charge in [0.1, 0.15) is 24.7 Å². The van der Waals surface area contributed by atoms with Crippen molar-refractivity contribution in [3.8, 4) is 22.7 Å². The van der Waals surface area contributed by atoms with Crippen molar-refractivity contribution < 1.29 is 23.8 Å². The SMILES string of the molecule is C=CCOc1ccc(-c2nn(-c3ccccc3)cc2C=c2sc3n(c2=O)C(c2ccc(C(=O)OC)cc2)C(C(=O)OCc2ccccc2)=C(C)N=3)cc1. The Labute approximate surface area is 308 Å². The average Bonchev–Trinajstić information content (AvgIpc) is 3.76. The molecule has 0 bridgehead atoms. The molecule has 0 radical (unpaired) electrons. The number of benzene rings is 4. The molecular formula is C42H34N4O6S. The maximum absolute atomic E-state index is 14.5. The lowest BCUT2D eigenvalue weighted by Gasteiger charge is -2.25. The van der Waals surface area contributed by atoms with Gasteiger partial charge < -0.3 is 14.2 Å². The molecule has 0 aliphatic carbocycles. The second-order valence-electron chi connectivity index (χ2n) is 12.1. The molecule has 0 saturated heterocycles. The lowest BCUT2D eigenvalue weighted by atomic mass is 9.95. The number of hydrogen-bond acceptors (Lipinski definition) is 9. The number of rotatable bonds is 11. The molecule has 11 heteroatoms. The highest BCUT2D eigenvalue weighted by atomic mass is 32.1. The molecule has 0 amide bonds. The number of aromatic nitrogens is 3. The smallest absolute Gasteiger partial charge is 0.338 e. The third-order valence-electron chi connectivity index (χ3n) is 8.65. The third kappa shape index (κ3) is 7.28. The first-order valence-corrected chi connectivity index (χ1v) is 17.6. The van der Waals surface area contributed by atoms with E-state index < -0.39 is 18.0 Å². The summed E-state index contributed by atoms with van der Waals surface area (Å²) in [6.07, 6.45) is 5.37. The highest BCUT2D eigenvalue weighted by Crippen LogP contribution is 2.32. The number of thiazole rings is 1. The molecule has 3 heterocycles. The molecule has 1 aliphatic rings. The van der Waals surface area contributed by atoms with Gasteiger partial charge >= 0.3 is 11.9 Å². The predicted octanol–water partition coefficient (Wildman–Crippen LogP) is 6.18. The Balaban J connectivity index is 1.34. The van der Waals surface area contributed by atoms with Crippen molar-refractivity contribution in [2.24, 2.45) is 4.99 Å². The van der Waals surface area contributed by atoms with Crippen LogP contribution in [0, 0.1) is 0 Å². The number of fused-ring (bicyclic) bond motifs is 1. The number of nitrogens with zero attached hydrogens (tertiary/aromatic N) is 4. The van der Waals surface area contributed by atoms with Crippen molar-refractivity contribution in [1.82, 2.24) is 14.3 Å². The van der Waals surface area contributed by atoms with Crippen molar-refractivity contribution in [3.63, 3.8) is 0 Å². The zero-order valence-electron chi connectivity index (χ0n) is 29.0. The first-order valence-electron chi connectivity index (χ1n) is 16.8. The maximum Gasteiger partial charge on any atom is 0.338 e. The third-order valence-corrected chi connectivity index (χ3v) is 9.63. The number of esters is 2. The fraction of sp³-hybridized carbons (Fsp3) is 0.119. The summed E-state index contributed by atoms with van der Waals surface area (Å²) in [6, 6.07) is 32.4. The minimum absolute atomic E-state index is 0.0460. The van der Waals surface area contributed by atoms with Gasteiger partial charge in [0.2, 0.25) is 0 Å². The van der Waals surface area contributed by atoms with E-state index in [0.29, 0.717) is 49.8 Å². The molecule has 6 aromatic rings. The fourth-order valence-electron chi connectivity index (χ4n) is 6.05. The minimum Gasteiger partial charge on any atom is -0.490 e. The number of para-hydroxylation sites is 1. The van der Waals surface area contributed by atoms with Crippen LogP contribution in [0.15, 0.2) is 149 Å². The molecular weight excluding hydrogens is 689 g/mol. The summed E-state index contributed by atoms with van der Waals surface area (Å²) >= 11 is 1.22. The van der Waals surface area contributed by atoms with E-state index in [1.807, 2.05) is 91.1 Å². The van der Waals surface area contributed by atoms with Crippen molar-refractivity contribution in [1.29, 1.82) is 0 Å². The Morgan fingerprint density at radius 2 is 1.60 bits per heavy atom. The predicted molar refractivity (Wildman–Crippen MR) is 202 cm³/mol. The van der Waals surface area contributed by atoms with Crippen molar-refractivity contribution in [2.45, 2.75) is 19.6 Å². The first-order chi connectivity index (χ1) is 25.8. The van der Waals surface area contributed by atoms with E-state index in [-0.39, 0.29) is 17.7 Å². The van der Waals surface area contributed by atoms with Gasteiger partial charge in [0.15, 0.2) is 4.80 Å². The standard InChI is InChI=1S/C42H34N4O6S/c1-4-23-51-34-21-19-29(20-22-34)37-32(25-45(44-37)33-13-9-6-10-14-33)24-35-39(47)46-38(30-15-17-31(18-16-30)40(48)50-3)36(27(2)43-42(46)53-35)41(49)52-26-28-11-7-5-8-12-28/h4-22,24-25,38H,1,23,26H2,2-3H3. The summed E-state index contributed by atoms with van der Waals surface area (Å²) in [5, 5.41) is 4.93. The highest BCUT2D eigenvalue weighted by molar-refractivity contribution is 7.07. The second-order valence-corrected chi connectivity index (χ2v) is 13.1. The van der Waals surface area contributed by atoms with Gasteiger partial charge in [-0.25, -0.2) is 19.3 Å². The van der Waals surface area contributed by atoms with Gasteiger partial charge in [-0.05, 0) is 72.7 Å². The van der Waals surface area contributed by atoms with Gasteiger partial charge in [-0.3, -0.25) is 9.36 Å². The molecule has 10 nitrogen and oxygen atoms in total. The largest absolute Gasteiger partial charge is 0.490 e. The average molecular weight is 723 g/mol. The summed E-state index contributed by atoms with van der Waals surface area (Å²) < 4.78 is 20.1. The number of ether oxygens (including phenoxy) is 3. The summed E-state index contributed by atoms with van der Waals surface area (Å²) in [6.45, 7) is 5.87. The molecule has 2 aromatic heterocycles. The second kappa shape index (κ2) is 15.3. The fourth-order valence-corrected chi connectivity index (χ4v) is 7.09. The molecule has 0 fully saturated rings. The van der Waals surface area contributed by atoms with Crippen LogP contribution in [-0.4, -0.2) is 40.0 Å². The maximum atomic E-state index is 14.5. The van der Waals surface area contributed by atoms with E-state index in [1.165, 1.54) is 23.0 Å².